The Morgan fingerprint density at radius 3 is 2.82 bits per heavy atom. The monoisotopic (exact) mass is 455 g/mol. The first-order valence-corrected chi connectivity index (χ1v) is 11.2. The summed E-state index contributed by atoms with van der Waals surface area (Å²) in [6.45, 7) is 4.31. The maximum atomic E-state index is 11.8. The van der Waals surface area contributed by atoms with E-state index >= 15 is 0 Å². The largest absolute Gasteiger partial charge is 0.489 e. The van der Waals surface area contributed by atoms with Crippen LogP contribution < -0.4 is 20.6 Å². The van der Waals surface area contributed by atoms with E-state index in [1.54, 1.807) is 37.4 Å². The van der Waals surface area contributed by atoms with E-state index in [2.05, 4.69) is 25.2 Å². The predicted molar refractivity (Wildman–Crippen MR) is 124 cm³/mol. The number of esters is 1. The van der Waals surface area contributed by atoms with E-state index in [4.69, 9.17) is 9.47 Å². The third kappa shape index (κ3) is 5.71. The number of piperidine rings is 1. The first-order chi connectivity index (χ1) is 16.0. The highest BCUT2D eigenvalue weighted by Gasteiger charge is 2.21. The topological polar surface area (TPSA) is 133 Å². The zero-order valence-corrected chi connectivity index (χ0v) is 18.5. The van der Waals surface area contributed by atoms with Gasteiger partial charge in [-0.15, -0.1) is 0 Å². The lowest BCUT2D eigenvalue weighted by Gasteiger charge is -2.33. The molecule has 4 rings (SSSR count). The summed E-state index contributed by atoms with van der Waals surface area (Å²) in [4.78, 5) is 35.2. The highest BCUT2D eigenvalue weighted by atomic mass is 16.5. The van der Waals surface area contributed by atoms with Crippen LogP contribution in [-0.2, 0) is 4.74 Å². The smallest absolute Gasteiger partial charge is 0.339 e. The highest BCUT2D eigenvalue weighted by Crippen LogP contribution is 2.21. The molecule has 0 bridgehead atoms. The molecule has 1 atom stereocenters. The molecule has 1 aromatic carbocycles. The van der Waals surface area contributed by atoms with E-state index < -0.39 is 6.10 Å². The minimum absolute atomic E-state index is 0.120. The van der Waals surface area contributed by atoms with Crippen LogP contribution in [0.2, 0.25) is 0 Å². The van der Waals surface area contributed by atoms with Gasteiger partial charge in [-0.3, -0.25) is 0 Å². The molecule has 1 aliphatic rings. The summed E-state index contributed by atoms with van der Waals surface area (Å²) in [5.74, 6) is 1.01. The van der Waals surface area contributed by atoms with Gasteiger partial charge >= 0.3 is 11.7 Å². The van der Waals surface area contributed by atoms with Gasteiger partial charge < -0.3 is 34.8 Å². The van der Waals surface area contributed by atoms with Gasteiger partial charge in [0.05, 0.1) is 17.7 Å². The van der Waals surface area contributed by atoms with Crippen LogP contribution in [0, 0.1) is 0 Å². The summed E-state index contributed by atoms with van der Waals surface area (Å²) < 4.78 is 10.7. The first kappa shape index (κ1) is 22.8. The average Bonchev–Trinajstić information content (AvgIpc) is 3.23. The number of nitrogens with zero attached hydrogens (tertiary/aromatic N) is 2. The number of benzene rings is 1. The Labute approximate surface area is 190 Å². The van der Waals surface area contributed by atoms with Gasteiger partial charge in [0.15, 0.2) is 0 Å². The number of fused-ring (bicyclic) bond motifs is 1. The fourth-order valence-electron chi connectivity index (χ4n) is 3.92. The summed E-state index contributed by atoms with van der Waals surface area (Å²) >= 11 is 0. The molecule has 0 amide bonds. The van der Waals surface area contributed by atoms with Crippen LogP contribution >= 0.6 is 0 Å². The molecule has 33 heavy (non-hydrogen) atoms. The molecule has 0 spiro atoms. The Balaban J connectivity index is 1.20. The predicted octanol–water partition coefficient (Wildman–Crippen LogP) is 1.43. The minimum atomic E-state index is -0.680. The van der Waals surface area contributed by atoms with Gasteiger partial charge in [0.1, 0.15) is 29.8 Å². The van der Waals surface area contributed by atoms with Gasteiger partial charge in [0.25, 0.3) is 0 Å². The number of carbonyl (C=O) groups excluding carboxylic acids is 1. The second kappa shape index (κ2) is 10.5. The molecular weight excluding hydrogens is 426 g/mol. The fourth-order valence-corrected chi connectivity index (χ4v) is 3.92. The van der Waals surface area contributed by atoms with Gasteiger partial charge in [-0.2, -0.15) is 0 Å². The number of hydrogen-bond donors (Lipinski definition) is 4. The van der Waals surface area contributed by atoms with Crippen molar-refractivity contribution in [3.63, 3.8) is 0 Å². The number of rotatable bonds is 9. The number of ether oxygens (including phenoxy) is 2. The van der Waals surface area contributed by atoms with E-state index in [1.165, 1.54) is 0 Å². The molecule has 4 N–H and O–H groups in total. The van der Waals surface area contributed by atoms with Crippen LogP contribution in [0.5, 0.6) is 5.75 Å². The third-order valence-corrected chi connectivity index (χ3v) is 5.66. The quantitative estimate of drug-likeness (QED) is 0.356. The maximum absolute atomic E-state index is 11.8. The average molecular weight is 456 g/mol. The van der Waals surface area contributed by atoms with Gasteiger partial charge in [0.2, 0.25) is 0 Å². The second-order valence-electron chi connectivity index (χ2n) is 8.02. The summed E-state index contributed by atoms with van der Waals surface area (Å²) in [5, 5.41) is 13.7. The molecule has 0 saturated carbocycles. The second-order valence-corrected chi connectivity index (χ2v) is 8.02. The lowest BCUT2D eigenvalue weighted by Crippen LogP contribution is -2.45. The van der Waals surface area contributed by atoms with E-state index in [9.17, 15) is 14.7 Å². The molecule has 10 nitrogen and oxygen atoms in total. The van der Waals surface area contributed by atoms with Crippen molar-refractivity contribution in [3.05, 3.63) is 52.6 Å². The van der Waals surface area contributed by atoms with Crippen LogP contribution in [0.25, 0.3) is 11.0 Å². The van der Waals surface area contributed by atoms with Crippen molar-refractivity contribution in [1.82, 2.24) is 20.3 Å². The van der Waals surface area contributed by atoms with Crippen molar-refractivity contribution in [3.8, 4) is 5.75 Å². The minimum Gasteiger partial charge on any atom is -0.489 e. The van der Waals surface area contributed by atoms with E-state index in [-0.39, 0.29) is 18.3 Å². The van der Waals surface area contributed by atoms with Gasteiger partial charge in [0, 0.05) is 31.9 Å². The molecule has 2 aromatic heterocycles. The molecule has 1 aliphatic heterocycles. The molecule has 176 valence electrons. The number of hydrogen-bond acceptors (Lipinski definition) is 8. The van der Waals surface area contributed by atoms with E-state index in [1.807, 2.05) is 6.07 Å². The first-order valence-electron chi connectivity index (χ1n) is 11.2. The molecule has 10 heteroatoms. The maximum Gasteiger partial charge on any atom is 0.339 e. The number of para-hydroxylation sites is 1. The van der Waals surface area contributed by atoms with Crippen LogP contribution in [0.1, 0.15) is 30.1 Å². The van der Waals surface area contributed by atoms with Gasteiger partial charge in [-0.05, 0) is 44.0 Å². The van der Waals surface area contributed by atoms with Crippen LogP contribution in [0.3, 0.4) is 0 Å². The fraction of sp³-hybridized carbons (Fsp3) is 0.435. The van der Waals surface area contributed by atoms with Crippen molar-refractivity contribution in [2.24, 2.45) is 0 Å². The number of aliphatic hydroxyl groups is 1. The Bertz CT molecular complexity index is 1120. The number of pyridine rings is 1. The SMILES string of the molecule is CCOC(=O)c1ccc(N2CCC(NCC(O)COc3cccc4[nH]c(=O)[nH]c34)CC2)nc1. The van der Waals surface area contributed by atoms with Crippen molar-refractivity contribution in [1.29, 1.82) is 0 Å². The number of carbonyl (C=O) groups is 1. The van der Waals surface area contributed by atoms with Crippen LogP contribution in [0.15, 0.2) is 41.3 Å². The summed E-state index contributed by atoms with van der Waals surface area (Å²) in [6, 6.07) is 9.21. The molecule has 1 unspecified atom stereocenters. The molecule has 3 heterocycles. The number of anilines is 1. The number of nitrogens with one attached hydrogen (secondary N) is 3. The molecular formula is C23H29N5O5. The molecule has 0 aliphatic carbocycles. The van der Waals surface area contributed by atoms with Crippen LogP contribution in [0.4, 0.5) is 5.82 Å². The van der Waals surface area contributed by atoms with Gasteiger partial charge in [-0.1, -0.05) is 6.07 Å². The van der Waals surface area contributed by atoms with E-state index in [0.717, 1.165) is 31.7 Å². The van der Waals surface area contributed by atoms with Crippen molar-refractivity contribution in [2.45, 2.75) is 31.9 Å². The van der Waals surface area contributed by atoms with Crippen molar-refractivity contribution >= 4 is 22.8 Å². The number of imidazole rings is 1. The summed E-state index contributed by atoms with van der Waals surface area (Å²) in [5.41, 5.74) is 1.42. The summed E-state index contributed by atoms with van der Waals surface area (Å²) in [6.07, 6.45) is 2.70. The lowest BCUT2D eigenvalue weighted by molar-refractivity contribution is 0.0526. The number of aliphatic hydroxyl groups excluding tert-OH is 1. The normalized spacial score (nSPS) is 15.5. The number of H-pyrrole nitrogens is 2. The Hall–Kier alpha value is -3.37. The third-order valence-electron chi connectivity index (χ3n) is 5.66. The molecule has 3 aromatic rings. The number of aromatic nitrogens is 3. The highest BCUT2D eigenvalue weighted by molar-refractivity contribution is 5.89. The van der Waals surface area contributed by atoms with E-state index in [0.29, 0.717) is 41.5 Å². The Morgan fingerprint density at radius 2 is 2.09 bits per heavy atom. The van der Waals surface area contributed by atoms with Gasteiger partial charge in [-0.25, -0.2) is 14.6 Å². The Kier molecular flexibility index (Phi) is 7.26. The molecule has 1 fully saturated rings. The molecule has 0 radical (unpaired) electrons. The Morgan fingerprint density at radius 1 is 1.27 bits per heavy atom. The van der Waals surface area contributed by atoms with Crippen molar-refractivity contribution < 1.29 is 19.4 Å². The summed E-state index contributed by atoms with van der Waals surface area (Å²) in [7, 11) is 0. The number of aromatic amines is 2. The molecule has 1 saturated heterocycles. The standard InChI is InChI=1S/C23H29N5O5/c1-2-32-22(30)15-6-7-20(25-12-15)28-10-8-16(9-11-28)24-13-17(29)14-33-19-5-3-4-18-21(19)27-23(31)26-18/h3-7,12,16-17,24,29H,2,8-11,13-14H2,1H3,(H2,26,27,31). The zero-order chi connectivity index (χ0) is 23.2. The zero-order valence-electron chi connectivity index (χ0n) is 18.5. The van der Waals surface area contributed by atoms with Crippen LogP contribution in [-0.4, -0.2) is 71.0 Å². The van der Waals surface area contributed by atoms with Crippen molar-refractivity contribution in [2.75, 3.05) is 37.7 Å². The lowest BCUT2D eigenvalue weighted by atomic mass is 10.0.